The number of allylic oxidation sites excluding steroid dienone is 1. The van der Waals surface area contributed by atoms with Crippen molar-refractivity contribution in [2.24, 2.45) is 35.0 Å². The Morgan fingerprint density at radius 1 is 1.31 bits per heavy atom. The summed E-state index contributed by atoms with van der Waals surface area (Å²) in [5.74, 6) is 5.75. The second-order valence-electron chi connectivity index (χ2n) is 9.51. The highest BCUT2D eigenvalue weighted by atomic mass is 16.3. The van der Waals surface area contributed by atoms with Crippen LogP contribution in [0, 0.1) is 47.3 Å². The van der Waals surface area contributed by atoms with Crippen molar-refractivity contribution in [3.05, 3.63) is 11.6 Å². The Kier molecular flexibility index (Phi) is 4.56. The van der Waals surface area contributed by atoms with E-state index < -0.39 is 5.60 Å². The molecule has 0 aliphatic heterocycles. The van der Waals surface area contributed by atoms with E-state index in [4.69, 9.17) is 6.42 Å². The van der Waals surface area contributed by atoms with Crippen LogP contribution in [-0.2, 0) is 4.79 Å². The summed E-state index contributed by atoms with van der Waals surface area (Å²) < 4.78 is 0. The molecule has 7 atom stereocenters. The summed E-state index contributed by atoms with van der Waals surface area (Å²) >= 11 is 0. The third-order valence-corrected chi connectivity index (χ3v) is 8.59. The van der Waals surface area contributed by atoms with Crippen LogP contribution >= 0.6 is 0 Å². The van der Waals surface area contributed by atoms with Crippen LogP contribution < -0.4 is 0 Å². The number of fused-ring (bicyclic) bond motifs is 5. The fourth-order valence-corrected chi connectivity index (χ4v) is 7.28. The van der Waals surface area contributed by atoms with Gasteiger partial charge in [0.2, 0.25) is 0 Å². The maximum absolute atomic E-state index is 12.0. The summed E-state index contributed by atoms with van der Waals surface area (Å²) in [4.78, 5) is 12.0. The quantitative estimate of drug-likeness (QED) is 0.761. The molecular weight excluding hydrogens is 324 g/mol. The van der Waals surface area contributed by atoms with Crippen LogP contribution in [0.3, 0.4) is 0 Å². The monoisotopic (exact) mass is 356 g/mol. The van der Waals surface area contributed by atoms with Gasteiger partial charge in [0, 0.05) is 18.4 Å². The molecule has 142 valence electrons. The molecule has 2 N–H and O–H groups in total. The summed E-state index contributed by atoms with van der Waals surface area (Å²) in [6, 6.07) is 0. The first-order valence-corrected chi connectivity index (χ1v) is 10.5. The first-order chi connectivity index (χ1) is 12.4. The number of terminal acetylenes is 1. The largest absolute Gasteiger partial charge is 0.396 e. The SMILES string of the molecule is C#C[C@@]1(O)CC[C@H]2[C@@H]3[C@H](CCCO)CC4=CC(=O)CC[C@@H]4[C@H]3CC[C@@]21C. The Morgan fingerprint density at radius 3 is 2.85 bits per heavy atom. The second-order valence-corrected chi connectivity index (χ2v) is 9.51. The molecule has 4 rings (SSSR count). The minimum atomic E-state index is -0.969. The van der Waals surface area contributed by atoms with Gasteiger partial charge in [-0.05, 0) is 87.0 Å². The second kappa shape index (κ2) is 6.50. The molecule has 0 unspecified atom stereocenters. The fraction of sp³-hybridized carbons (Fsp3) is 0.783. The van der Waals surface area contributed by atoms with Gasteiger partial charge < -0.3 is 10.2 Å². The predicted molar refractivity (Wildman–Crippen MR) is 101 cm³/mol. The molecule has 0 spiro atoms. The van der Waals surface area contributed by atoms with Crippen molar-refractivity contribution in [2.75, 3.05) is 6.61 Å². The van der Waals surface area contributed by atoms with Crippen LogP contribution in [0.4, 0.5) is 0 Å². The number of hydrogen-bond acceptors (Lipinski definition) is 3. The lowest BCUT2D eigenvalue weighted by atomic mass is 9.48. The van der Waals surface area contributed by atoms with E-state index in [1.807, 2.05) is 6.08 Å². The zero-order chi connectivity index (χ0) is 18.5. The van der Waals surface area contributed by atoms with Gasteiger partial charge in [-0.2, -0.15) is 0 Å². The van der Waals surface area contributed by atoms with E-state index >= 15 is 0 Å². The van der Waals surface area contributed by atoms with Crippen LogP contribution in [0.2, 0.25) is 0 Å². The van der Waals surface area contributed by atoms with Crippen LogP contribution in [0.15, 0.2) is 11.6 Å². The first kappa shape index (κ1) is 18.3. The summed E-state index contributed by atoms with van der Waals surface area (Å²) in [5.41, 5.74) is 0.216. The standard InChI is InChI=1S/C23H32O3/c1-3-23(26)11-9-20-21-15(5-4-12-24)13-16-14-17(25)6-7-18(16)19(21)8-10-22(20,23)2/h1,14-15,18-21,24,26H,4-13H2,2H3/t15-,18+,19-,20+,21-,22+,23-/m1/s1. The summed E-state index contributed by atoms with van der Waals surface area (Å²) in [5, 5.41) is 20.5. The predicted octanol–water partition coefficient (Wildman–Crippen LogP) is 3.49. The van der Waals surface area contributed by atoms with Crippen LogP contribution in [0.1, 0.15) is 64.7 Å². The smallest absolute Gasteiger partial charge is 0.155 e. The van der Waals surface area contributed by atoms with E-state index in [0.717, 1.165) is 44.9 Å². The number of aliphatic hydroxyl groups is 2. The Labute approximate surface area is 157 Å². The third-order valence-electron chi connectivity index (χ3n) is 8.59. The minimum Gasteiger partial charge on any atom is -0.396 e. The van der Waals surface area contributed by atoms with Gasteiger partial charge >= 0.3 is 0 Å². The average molecular weight is 357 g/mol. The lowest BCUT2D eigenvalue weighted by Gasteiger charge is -2.57. The van der Waals surface area contributed by atoms with Gasteiger partial charge in [-0.15, -0.1) is 6.42 Å². The zero-order valence-corrected chi connectivity index (χ0v) is 15.9. The van der Waals surface area contributed by atoms with Crippen molar-refractivity contribution in [1.29, 1.82) is 0 Å². The molecule has 0 saturated heterocycles. The van der Waals surface area contributed by atoms with Gasteiger partial charge in [-0.1, -0.05) is 18.4 Å². The van der Waals surface area contributed by atoms with Crippen LogP contribution in [-0.4, -0.2) is 28.2 Å². The lowest BCUT2D eigenvalue weighted by molar-refractivity contribution is -0.118. The van der Waals surface area contributed by atoms with Gasteiger partial charge in [-0.3, -0.25) is 4.79 Å². The van der Waals surface area contributed by atoms with Crippen molar-refractivity contribution in [3.63, 3.8) is 0 Å². The van der Waals surface area contributed by atoms with Crippen LogP contribution in [0.5, 0.6) is 0 Å². The number of carbonyl (C=O) groups is 1. The molecule has 3 nitrogen and oxygen atoms in total. The molecule has 3 fully saturated rings. The molecule has 0 aromatic rings. The normalized spacial score (nSPS) is 47.4. The maximum atomic E-state index is 12.0. The van der Waals surface area contributed by atoms with Gasteiger partial charge in [0.1, 0.15) is 5.60 Å². The van der Waals surface area contributed by atoms with E-state index in [1.165, 1.54) is 5.57 Å². The van der Waals surface area contributed by atoms with E-state index in [9.17, 15) is 15.0 Å². The fourth-order valence-electron chi connectivity index (χ4n) is 7.28. The van der Waals surface area contributed by atoms with Crippen molar-refractivity contribution in [3.8, 4) is 12.3 Å². The zero-order valence-electron chi connectivity index (χ0n) is 15.9. The van der Waals surface area contributed by atoms with Gasteiger partial charge in [-0.25, -0.2) is 0 Å². The van der Waals surface area contributed by atoms with Crippen molar-refractivity contribution in [1.82, 2.24) is 0 Å². The summed E-state index contributed by atoms with van der Waals surface area (Å²) in [6.07, 6.45) is 16.1. The number of carbonyl (C=O) groups excluding carboxylic acids is 1. The summed E-state index contributed by atoms with van der Waals surface area (Å²) in [7, 11) is 0. The molecule has 0 radical (unpaired) electrons. The Bertz CT molecular complexity index is 659. The van der Waals surface area contributed by atoms with E-state index in [1.54, 1.807) is 0 Å². The minimum absolute atomic E-state index is 0.188. The van der Waals surface area contributed by atoms with Crippen molar-refractivity contribution >= 4 is 5.78 Å². The molecule has 0 amide bonds. The Hall–Kier alpha value is -1.11. The Morgan fingerprint density at radius 2 is 2.12 bits per heavy atom. The maximum Gasteiger partial charge on any atom is 0.155 e. The molecule has 0 aromatic heterocycles. The highest BCUT2D eigenvalue weighted by Crippen LogP contribution is 2.66. The van der Waals surface area contributed by atoms with E-state index in [2.05, 4.69) is 12.8 Å². The number of aliphatic hydroxyl groups excluding tert-OH is 1. The van der Waals surface area contributed by atoms with E-state index in [-0.39, 0.29) is 12.0 Å². The van der Waals surface area contributed by atoms with Gasteiger partial charge in [0.05, 0.1) is 0 Å². The lowest BCUT2D eigenvalue weighted by Crippen LogP contribution is -2.54. The molecule has 4 aliphatic rings. The van der Waals surface area contributed by atoms with Crippen molar-refractivity contribution in [2.45, 2.75) is 70.3 Å². The van der Waals surface area contributed by atoms with Crippen LogP contribution in [0.25, 0.3) is 0 Å². The number of rotatable bonds is 3. The molecule has 0 aromatic carbocycles. The summed E-state index contributed by atoms with van der Waals surface area (Å²) in [6.45, 7) is 2.45. The topological polar surface area (TPSA) is 57.5 Å². The third kappa shape index (κ3) is 2.53. The molecular formula is C23H32O3. The Balaban J connectivity index is 1.70. The van der Waals surface area contributed by atoms with Gasteiger partial charge in [0.25, 0.3) is 0 Å². The highest BCUT2D eigenvalue weighted by Gasteiger charge is 2.63. The first-order valence-electron chi connectivity index (χ1n) is 10.5. The van der Waals surface area contributed by atoms with Crippen molar-refractivity contribution < 1.29 is 15.0 Å². The molecule has 3 saturated carbocycles. The molecule has 4 aliphatic carbocycles. The molecule has 0 heterocycles. The average Bonchev–Trinajstić information content (AvgIpc) is 2.91. The molecule has 0 bridgehead atoms. The van der Waals surface area contributed by atoms with E-state index in [0.29, 0.717) is 48.2 Å². The number of ketones is 1. The highest BCUT2D eigenvalue weighted by molar-refractivity contribution is 5.91. The molecule has 3 heteroatoms. The molecule has 26 heavy (non-hydrogen) atoms. The van der Waals surface area contributed by atoms with Gasteiger partial charge in [0.15, 0.2) is 5.78 Å². The number of hydrogen-bond donors (Lipinski definition) is 2.